The van der Waals surface area contributed by atoms with Crippen molar-refractivity contribution in [1.29, 1.82) is 0 Å². The summed E-state index contributed by atoms with van der Waals surface area (Å²) in [7, 11) is -0.884. The van der Waals surface area contributed by atoms with Gasteiger partial charge in [0.2, 0.25) is 10.0 Å². The zero-order chi connectivity index (χ0) is 25.9. The van der Waals surface area contributed by atoms with Gasteiger partial charge in [0.05, 0.1) is 28.3 Å². The number of aromatic nitrogens is 1. The van der Waals surface area contributed by atoms with Crippen LogP contribution in [0.15, 0.2) is 52.4 Å². The Kier molecular flexibility index (Phi) is 8.04. The van der Waals surface area contributed by atoms with E-state index in [0.717, 1.165) is 35.0 Å². The number of carbonyl (C=O) groups excluding carboxylic acids is 2. The number of fused-ring (bicyclic) bond motifs is 1. The smallest absolute Gasteiger partial charge is 0.325 e. The Labute approximate surface area is 214 Å². The normalized spacial score (nSPS) is 16.7. The van der Waals surface area contributed by atoms with E-state index in [1.165, 1.54) is 54.1 Å². The standard InChI is InChI=1S/C25H29N3O6S2/c1-4-17-7-12-21-22(14-17)35-25(28(21)16-23(29)33-3)26-24(30)18-8-10-20(11-9-18)36(31,32)27(2)15-19-6-5-13-34-19/h7-12,14,19H,4-6,13,15-16H2,1-3H3. The van der Waals surface area contributed by atoms with E-state index in [1.807, 2.05) is 18.2 Å². The fraction of sp³-hybridized carbons (Fsp3) is 0.400. The molecule has 0 radical (unpaired) electrons. The lowest BCUT2D eigenvalue weighted by atomic mass is 10.2. The highest BCUT2D eigenvalue weighted by atomic mass is 32.2. The van der Waals surface area contributed by atoms with Crippen molar-refractivity contribution in [3.8, 4) is 0 Å². The van der Waals surface area contributed by atoms with Crippen molar-refractivity contribution in [1.82, 2.24) is 8.87 Å². The summed E-state index contributed by atoms with van der Waals surface area (Å²) in [5.74, 6) is -0.989. The van der Waals surface area contributed by atoms with Crippen LogP contribution >= 0.6 is 11.3 Å². The van der Waals surface area contributed by atoms with Gasteiger partial charge in [-0.1, -0.05) is 24.3 Å². The SMILES string of the molecule is CCc1ccc2c(c1)sc(=NC(=O)c1ccc(S(=O)(=O)N(C)CC3CCCO3)cc1)n2CC(=O)OC. The molecule has 1 aliphatic heterocycles. The fourth-order valence-electron chi connectivity index (χ4n) is 4.04. The van der Waals surface area contributed by atoms with Gasteiger partial charge >= 0.3 is 5.97 Å². The van der Waals surface area contributed by atoms with Crippen molar-refractivity contribution in [3.05, 3.63) is 58.4 Å². The van der Waals surface area contributed by atoms with E-state index in [4.69, 9.17) is 9.47 Å². The van der Waals surface area contributed by atoms with Crippen molar-refractivity contribution in [2.45, 2.75) is 43.7 Å². The lowest BCUT2D eigenvalue weighted by molar-refractivity contribution is -0.141. The van der Waals surface area contributed by atoms with Crippen molar-refractivity contribution in [2.24, 2.45) is 4.99 Å². The number of rotatable bonds is 8. The van der Waals surface area contributed by atoms with Gasteiger partial charge in [-0.25, -0.2) is 8.42 Å². The highest BCUT2D eigenvalue weighted by Crippen LogP contribution is 2.21. The summed E-state index contributed by atoms with van der Waals surface area (Å²) >= 11 is 1.31. The van der Waals surface area contributed by atoms with Crippen LogP contribution in [-0.2, 0) is 37.3 Å². The number of benzene rings is 2. The van der Waals surface area contributed by atoms with E-state index >= 15 is 0 Å². The van der Waals surface area contributed by atoms with Gasteiger partial charge in [0.15, 0.2) is 4.80 Å². The Morgan fingerprint density at radius 2 is 1.97 bits per heavy atom. The van der Waals surface area contributed by atoms with E-state index in [2.05, 4.69) is 11.9 Å². The van der Waals surface area contributed by atoms with Gasteiger partial charge in [0, 0.05) is 25.8 Å². The van der Waals surface area contributed by atoms with Crippen LogP contribution in [0.3, 0.4) is 0 Å². The summed E-state index contributed by atoms with van der Waals surface area (Å²) in [4.78, 5) is 29.7. The Bertz CT molecular complexity index is 1430. The summed E-state index contributed by atoms with van der Waals surface area (Å²) in [5.41, 5.74) is 2.16. The van der Waals surface area contributed by atoms with Gasteiger partial charge in [0.1, 0.15) is 6.54 Å². The molecule has 3 aromatic rings. The number of sulfonamides is 1. The van der Waals surface area contributed by atoms with Gasteiger partial charge in [-0.2, -0.15) is 9.30 Å². The molecule has 2 aromatic carbocycles. The van der Waals surface area contributed by atoms with E-state index in [1.54, 1.807) is 4.57 Å². The van der Waals surface area contributed by atoms with Crippen LogP contribution in [0.5, 0.6) is 0 Å². The number of hydrogen-bond donors (Lipinski definition) is 0. The molecule has 0 bridgehead atoms. The largest absolute Gasteiger partial charge is 0.468 e. The zero-order valence-electron chi connectivity index (χ0n) is 20.5. The Hall–Kier alpha value is -2.86. The lowest BCUT2D eigenvalue weighted by Gasteiger charge is -2.20. The van der Waals surface area contributed by atoms with Crippen LogP contribution in [0.2, 0.25) is 0 Å². The Morgan fingerprint density at radius 1 is 1.22 bits per heavy atom. The average molecular weight is 532 g/mol. The number of likely N-dealkylation sites (N-methyl/N-ethyl adjacent to an activating group) is 1. The molecule has 2 heterocycles. The van der Waals surface area contributed by atoms with Gasteiger partial charge in [-0.3, -0.25) is 9.59 Å². The van der Waals surface area contributed by atoms with Gasteiger partial charge < -0.3 is 14.0 Å². The summed E-state index contributed by atoms with van der Waals surface area (Å²) in [6.45, 7) is 2.90. The molecule has 1 aromatic heterocycles. The first-order valence-electron chi connectivity index (χ1n) is 11.7. The fourth-order valence-corrected chi connectivity index (χ4v) is 6.34. The number of amides is 1. The molecule has 36 heavy (non-hydrogen) atoms. The van der Waals surface area contributed by atoms with Crippen molar-refractivity contribution >= 4 is 43.5 Å². The maximum atomic E-state index is 13.0. The van der Waals surface area contributed by atoms with Gasteiger partial charge in [0.25, 0.3) is 5.91 Å². The molecular formula is C25H29N3O6S2. The molecule has 1 saturated heterocycles. The number of aryl methyl sites for hydroxylation is 1. The first-order valence-corrected chi connectivity index (χ1v) is 13.9. The molecule has 0 spiro atoms. The molecule has 0 N–H and O–H groups in total. The van der Waals surface area contributed by atoms with Crippen molar-refractivity contribution in [3.63, 3.8) is 0 Å². The molecule has 11 heteroatoms. The van der Waals surface area contributed by atoms with Crippen LogP contribution in [0.1, 0.15) is 35.7 Å². The number of esters is 1. The van der Waals surface area contributed by atoms with Gasteiger partial charge in [-0.15, -0.1) is 0 Å². The molecule has 1 atom stereocenters. The van der Waals surface area contributed by atoms with Crippen LogP contribution in [0, 0.1) is 0 Å². The molecule has 1 fully saturated rings. The topological polar surface area (TPSA) is 107 Å². The van der Waals surface area contributed by atoms with Crippen molar-refractivity contribution < 1.29 is 27.5 Å². The predicted molar refractivity (Wildman–Crippen MR) is 136 cm³/mol. The number of hydrogen-bond acceptors (Lipinski definition) is 7. The van der Waals surface area contributed by atoms with E-state index in [-0.39, 0.29) is 29.7 Å². The first-order chi connectivity index (χ1) is 17.2. The average Bonchev–Trinajstić information content (AvgIpc) is 3.51. The second-order valence-corrected chi connectivity index (χ2v) is 11.6. The maximum absolute atomic E-state index is 13.0. The maximum Gasteiger partial charge on any atom is 0.325 e. The highest BCUT2D eigenvalue weighted by Gasteiger charge is 2.26. The number of thiazole rings is 1. The number of carbonyl (C=O) groups is 2. The molecule has 192 valence electrons. The van der Waals surface area contributed by atoms with E-state index in [9.17, 15) is 18.0 Å². The molecule has 1 aliphatic rings. The van der Waals surface area contributed by atoms with Crippen LogP contribution < -0.4 is 4.80 Å². The predicted octanol–water partition coefficient (Wildman–Crippen LogP) is 2.98. The number of ether oxygens (including phenoxy) is 2. The number of methoxy groups -OCH3 is 1. The first kappa shape index (κ1) is 26.2. The minimum Gasteiger partial charge on any atom is -0.468 e. The Balaban J connectivity index is 1.62. The van der Waals surface area contributed by atoms with Gasteiger partial charge in [-0.05, 0) is 61.2 Å². The van der Waals surface area contributed by atoms with E-state index < -0.39 is 21.9 Å². The highest BCUT2D eigenvalue weighted by molar-refractivity contribution is 7.89. The van der Waals surface area contributed by atoms with E-state index in [0.29, 0.717) is 11.4 Å². The third-order valence-electron chi connectivity index (χ3n) is 6.16. The Morgan fingerprint density at radius 3 is 2.61 bits per heavy atom. The molecule has 0 saturated carbocycles. The molecule has 0 aliphatic carbocycles. The quantitative estimate of drug-likeness (QED) is 0.414. The second-order valence-electron chi connectivity index (χ2n) is 8.56. The molecule has 4 rings (SSSR count). The monoisotopic (exact) mass is 531 g/mol. The summed E-state index contributed by atoms with van der Waals surface area (Å²) in [5, 5.41) is 0. The minimum absolute atomic E-state index is 0.0810. The number of nitrogens with zero attached hydrogens (tertiary/aromatic N) is 3. The third kappa shape index (κ3) is 5.59. The lowest BCUT2D eigenvalue weighted by Crippen LogP contribution is -2.34. The minimum atomic E-state index is -3.72. The van der Waals surface area contributed by atoms with Crippen molar-refractivity contribution in [2.75, 3.05) is 27.3 Å². The summed E-state index contributed by atoms with van der Waals surface area (Å²) in [6.07, 6.45) is 2.52. The third-order valence-corrected chi connectivity index (χ3v) is 9.04. The molecule has 9 nitrogen and oxygen atoms in total. The van der Waals surface area contributed by atoms with Crippen LogP contribution in [-0.4, -0.2) is 62.6 Å². The molecule has 1 amide bonds. The molecule has 1 unspecified atom stereocenters. The summed E-state index contributed by atoms with van der Waals surface area (Å²) < 4.78 is 40.1. The second kappa shape index (κ2) is 11.0. The summed E-state index contributed by atoms with van der Waals surface area (Å²) in [6, 6.07) is 11.6. The van der Waals surface area contributed by atoms with Crippen LogP contribution in [0.25, 0.3) is 10.2 Å². The zero-order valence-corrected chi connectivity index (χ0v) is 22.1. The van der Waals surface area contributed by atoms with Crippen LogP contribution in [0.4, 0.5) is 0 Å². The molecular weight excluding hydrogens is 502 g/mol.